The van der Waals surface area contributed by atoms with Crippen LogP contribution in [0, 0.1) is 6.92 Å². The van der Waals surface area contributed by atoms with Crippen molar-refractivity contribution < 1.29 is 0 Å². The number of pyridine rings is 1. The summed E-state index contributed by atoms with van der Waals surface area (Å²) in [6.07, 6.45) is 7.77. The van der Waals surface area contributed by atoms with E-state index in [0.29, 0.717) is 0 Å². The predicted molar refractivity (Wildman–Crippen MR) is 77.0 cm³/mol. The van der Waals surface area contributed by atoms with Crippen molar-refractivity contribution in [3.63, 3.8) is 0 Å². The third kappa shape index (κ3) is 3.20. The molecule has 0 saturated carbocycles. The Bertz CT molecular complexity index is 518. The van der Waals surface area contributed by atoms with E-state index in [9.17, 15) is 0 Å². The van der Waals surface area contributed by atoms with E-state index in [-0.39, 0.29) is 6.04 Å². The highest BCUT2D eigenvalue weighted by atomic mass is 15.1. The van der Waals surface area contributed by atoms with Gasteiger partial charge < -0.3 is 9.88 Å². The maximum atomic E-state index is 4.51. The van der Waals surface area contributed by atoms with Gasteiger partial charge in [0.05, 0.1) is 11.7 Å². The van der Waals surface area contributed by atoms with E-state index in [2.05, 4.69) is 46.0 Å². The summed E-state index contributed by atoms with van der Waals surface area (Å²) in [5.74, 6) is 1.12. The molecule has 1 unspecified atom stereocenters. The Hall–Kier alpha value is -1.68. The molecule has 4 heteroatoms. The molecule has 0 bridgehead atoms. The van der Waals surface area contributed by atoms with Crippen molar-refractivity contribution >= 4 is 0 Å². The molecule has 0 spiro atoms. The molecule has 2 aromatic rings. The van der Waals surface area contributed by atoms with Gasteiger partial charge in [0.25, 0.3) is 0 Å². The highest BCUT2D eigenvalue weighted by molar-refractivity contribution is 5.22. The number of hydrogen-bond acceptors (Lipinski definition) is 3. The molecule has 1 atom stereocenters. The van der Waals surface area contributed by atoms with Gasteiger partial charge in [0.2, 0.25) is 0 Å². The first-order valence-corrected chi connectivity index (χ1v) is 6.85. The molecule has 0 amide bonds. The molecular weight excluding hydrogens is 236 g/mol. The zero-order valence-electron chi connectivity index (χ0n) is 11.9. The van der Waals surface area contributed by atoms with Gasteiger partial charge in [-0.05, 0) is 32.0 Å². The Kier molecular flexibility index (Phi) is 4.68. The van der Waals surface area contributed by atoms with Crippen molar-refractivity contribution in [1.82, 2.24) is 19.9 Å². The van der Waals surface area contributed by atoms with Gasteiger partial charge in [-0.2, -0.15) is 0 Å². The predicted octanol–water partition coefficient (Wildman–Crippen LogP) is 2.50. The summed E-state index contributed by atoms with van der Waals surface area (Å²) in [6, 6.07) is 4.29. The van der Waals surface area contributed by atoms with Crippen LogP contribution in [0.1, 0.15) is 36.5 Å². The third-order valence-electron chi connectivity index (χ3n) is 3.38. The lowest BCUT2D eigenvalue weighted by atomic mass is 10.0. The van der Waals surface area contributed by atoms with Crippen LogP contribution >= 0.6 is 0 Å². The van der Waals surface area contributed by atoms with Gasteiger partial charge in [0, 0.05) is 31.6 Å². The highest BCUT2D eigenvalue weighted by Gasteiger charge is 2.16. The largest absolute Gasteiger partial charge is 0.335 e. The van der Waals surface area contributed by atoms with E-state index < -0.39 is 0 Å². The van der Waals surface area contributed by atoms with Crippen LogP contribution in [0.4, 0.5) is 0 Å². The molecule has 0 aliphatic rings. The number of nitrogens with one attached hydrogen (secondary N) is 1. The average Bonchev–Trinajstić information content (AvgIpc) is 2.85. The van der Waals surface area contributed by atoms with Crippen molar-refractivity contribution in [3.05, 3.63) is 47.8 Å². The number of hydrogen-bond donors (Lipinski definition) is 1. The Labute approximate surface area is 114 Å². The van der Waals surface area contributed by atoms with E-state index in [1.807, 2.05) is 25.5 Å². The second kappa shape index (κ2) is 6.48. The van der Waals surface area contributed by atoms with Crippen molar-refractivity contribution in [2.75, 3.05) is 7.05 Å². The molecule has 0 fully saturated rings. The molecule has 2 aromatic heterocycles. The Morgan fingerprint density at radius 2 is 2.16 bits per heavy atom. The Morgan fingerprint density at radius 3 is 2.84 bits per heavy atom. The summed E-state index contributed by atoms with van der Waals surface area (Å²) in [5, 5.41) is 3.35. The molecule has 2 heterocycles. The van der Waals surface area contributed by atoms with E-state index in [4.69, 9.17) is 0 Å². The molecule has 0 aliphatic carbocycles. The first kappa shape index (κ1) is 13.7. The van der Waals surface area contributed by atoms with Crippen molar-refractivity contribution in [2.24, 2.45) is 0 Å². The molecule has 0 aliphatic heterocycles. The monoisotopic (exact) mass is 258 g/mol. The molecular formula is C15H22N4. The number of likely N-dealkylation sites (N-methyl/N-ethyl adjacent to an activating group) is 1. The molecule has 0 saturated heterocycles. The summed E-state index contributed by atoms with van der Waals surface area (Å²) in [6.45, 7) is 5.31. The standard InChI is InChI=1S/C15H22N4/c1-4-9-19-10-8-17-14(19)11-13(16-3)15-12(2)6-5-7-18-15/h5-8,10,13,16H,4,9,11H2,1-3H3. The fourth-order valence-electron chi connectivity index (χ4n) is 2.36. The number of aryl methyl sites for hydroxylation is 2. The van der Waals surface area contributed by atoms with Gasteiger partial charge in [-0.25, -0.2) is 4.98 Å². The van der Waals surface area contributed by atoms with E-state index in [1.54, 1.807) is 0 Å². The van der Waals surface area contributed by atoms with Crippen molar-refractivity contribution in [3.8, 4) is 0 Å². The lowest BCUT2D eigenvalue weighted by Gasteiger charge is -2.18. The molecule has 0 radical (unpaired) electrons. The Balaban J connectivity index is 2.19. The number of nitrogens with zero attached hydrogens (tertiary/aromatic N) is 3. The second-order valence-corrected chi connectivity index (χ2v) is 4.79. The van der Waals surface area contributed by atoms with Gasteiger partial charge in [-0.15, -0.1) is 0 Å². The van der Waals surface area contributed by atoms with Crippen LogP contribution in [0.25, 0.3) is 0 Å². The smallest absolute Gasteiger partial charge is 0.110 e. The summed E-state index contributed by atoms with van der Waals surface area (Å²) >= 11 is 0. The lowest BCUT2D eigenvalue weighted by molar-refractivity contribution is 0.530. The first-order chi connectivity index (χ1) is 9.26. The minimum atomic E-state index is 0.208. The first-order valence-electron chi connectivity index (χ1n) is 6.85. The number of imidazole rings is 1. The van der Waals surface area contributed by atoms with Crippen LogP contribution in [0.15, 0.2) is 30.7 Å². The average molecular weight is 258 g/mol. The fourth-order valence-corrected chi connectivity index (χ4v) is 2.36. The van der Waals surface area contributed by atoms with Gasteiger partial charge in [0.15, 0.2) is 0 Å². The quantitative estimate of drug-likeness (QED) is 0.865. The lowest BCUT2D eigenvalue weighted by Crippen LogP contribution is -2.22. The molecule has 102 valence electrons. The second-order valence-electron chi connectivity index (χ2n) is 4.79. The zero-order chi connectivity index (χ0) is 13.7. The van der Waals surface area contributed by atoms with Crippen LogP contribution in [0.5, 0.6) is 0 Å². The topological polar surface area (TPSA) is 42.7 Å². The minimum absolute atomic E-state index is 0.208. The van der Waals surface area contributed by atoms with E-state index in [0.717, 1.165) is 30.9 Å². The number of rotatable bonds is 6. The fraction of sp³-hybridized carbons (Fsp3) is 0.467. The normalized spacial score (nSPS) is 12.6. The maximum Gasteiger partial charge on any atom is 0.110 e. The van der Waals surface area contributed by atoms with Crippen LogP contribution in [0.2, 0.25) is 0 Å². The Morgan fingerprint density at radius 1 is 1.32 bits per heavy atom. The molecule has 2 rings (SSSR count). The van der Waals surface area contributed by atoms with Crippen molar-refractivity contribution in [2.45, 2.75) is 39.3 Å². The van der Waals surface area contributed by atoms with Gasteiger partial charge in [-0.3, -0.25) is 4.98 Å². The van der Waals surface area contributed by atoms with Gasteiger partial charge >= 0.3 is 0 Å². The summed E-state index contributed by atoms with van der Waals surface area (Å²) in [5.41, 5.74) is 2.33. The summed E-state index contributed by atoms with van der Waals surface area (Å²) in [4.78, 5) is 8.98. The molecule has 0 aromatic carbocycles. The molecule has 4 nitrogen and oxygen atoms in total. The summed E-state index contributed by atoms with van der Waals surface area (Å²) < 4.78 is 2.22. The van der Waals surface area contributed by atoms with E-state index >= 15 is 0 Å². The molecule has 1 N–H and O–H groups in total. The van der Waals surface area contributed by atoms with Crippen molar-refractivity contribution in [1.29, 1.82) is 0 Å². The zero-order valence-corrected chi connectivity index (χ0v) is 11.9. The van der Waals surface area contributed by atoms with Gasteiger partial charge in [-0.1, -0.05) is 13.0 Å². The third-order valence-corrected chi connectivity index (χ3v) is 3.38. The minimum Gasteiger partial charge on any atom is -0.335 e. The number of aromatic nitrogens is 3. The SMILES string of the molecule is CCCn1ccnc1CC(NC)c1ncccc1C. The van der Waals surface area contributed by atoms with Crippen LogP contribution in [-0.4, -0.2) is 21.6 Å². The van der Waals surface area contributed by atoms with E-state index in [1.165, 1.54) is 5.56 Å². The summed E-state index contributed by atoms with van der Waals surface area (Å²) in [7, 11) is 1.98. The highest BCUT2D eigenvalue weighted by Crippen LogP contribution is 2.18. The van der Waals surface area contributed by atoms with Crippen LogP contribution in [0.3, 0.4) is 0 Å². The maximum absolute atomic E-state index is 4.51. The van der Waals surface area contributed by atoms with Crippen LogP contribution < -0.4 is 5.32 Å². The van der Waals surface area contributed by atoms with Crippen LogP contribution in [-0.2, 0) is 13.0 Å². The van der Waals surface area contributed by atoms with Gasteiger partial charge in [0.1, 0.15) is 5.82 Å². The molecule has 19 heavy (non-hydrogen) atoms.